The molecular weight excluding hydrogens is 190 g/mol. The van der Waals surface area contributed by atoms with Crippen LogP contribution in [-0.2, 0) is 4.79 Å². The first-order valence-corrected chi connectivity index (χ1v) is 5.97. The maximum Gasteiger partial charge on any atom is 0.324 e. The number of aliphatic carboxylic acids is 1. The number of hydrogen-bond donors (Lipinski definition) is 2. The fraction of sp³-hybridized carbons (Fsp3) is 0.917. The van der Waals surface area contributed by atoms with E-state index in [9.17, 15) is 9.90 Å². The number of hydrogen-bond acceptors (Lipinski definition) is 2. The zero-order valence-electron chi connectivity index (χ0n) is 10.0. The molecule has 0 aromatic rings. The molecule has 0 spiro atoms. The minimum atomic E-state index is -0.671. The summed E-state index contributed by atoms with van der Waals surface area (Å²) in [5.41, 5.74) is -0.664. The molecule has 0 heterocycles. The van der Waals surface area contributed by atoms with Gasteiger partial charge in [0.05, 0.1) is 0 Å². The molecule has 0 aliphatic heterocycles. The maximum atomic E-state index is 11.4. The molecule has 2 N–H and O–H groups in total. The highest BCUT2D eigenvalue weighted by Gasteiger charge is 2.44. The second kappa shape index (κ2) is 4.97. The highest BCUT2D eigenvalue weighted by atomic mass is 16.4. The SMILES string of the molecule is CC(C)CNC1(C(=O)O)CCCCC1C. The summed E-state index contributed by atoms with van der Waals surface area (Å²) < 4.78 is 0. The predicted octanol–water partition coefficient (Wildman–Crippen LogP) is 2.27. The van der Waals surface area contributed by atoms with Crippen molar-refractivity contribution in [1.82, 2.24) is 5.32 Å². The summed E-state index contributed by atoms with van der Waals surface area (Å²) in [6, 6.07) is 0. The smallest absolute Gasteiger partial charge is 0.324 e. The first kappa shape index (κ1) is 12.5. The van der Waals surface area contributed by atoms with Gasteiger partial charge in [0, 0.05) is 0 Å². The van der Waals surface area contributed by atoms with Crippen molar-refractivity contribution in [2.45, 2.75) is 52.0 Å². The fourth-order valence-corrected chi connectivity index (χ4v) is 2.39. The van der Waals surface area contributed by atoms with Gasteiger partial charge in [0.25, 0.3) is 0 Å². The van der Waals surface area contributed by atoms with Gasteiger partial charge in [0.15, 0.2) is 0 Å². The fourth-order valence-electron chi connectivity index (χ4n) is 2.39. The predicted molar refractivity (Wildman–Crippen MR) is 60.8 cm³/mol. The zero-order chi connectivity index (χ0) is 11.5. The van der Waals surface area contributed by atoms with E-state index in [1.54, 1.807) is 0 Å². The van der Waals surface area contributed by atoms with Gasteiger partial charge in [-0.05, 0) is 31.2 Å². The van der Waals surface area contributed by atoms with Crippen molar-refractivity contribution in [3.8, 4) is 0 Å². The lowest BCUT2D eigenvalue weighted by atomic mass is 9.73. The molecule has 3 nitrogen and oxygen atoms in total. The van der Waals surface area contributed by atoms with Gasteiger partial charge in [-0.15, -0.1) is 0 Å². The average molecular weight is 213 g/mol. The lowest BCUT2D eigenvalue weighted by Gasteiger charge is -2.40. The quantitative estimate of drug-likeness (QED) is 0.753. The lowest BCUT2D eigenvalue weighted by Crippen LogP contribution is -2.58. The van der Waals surface area contributed by atoms with Gasteiger partial charge in [-0.25, -0.2) is 0 Å². The summed E-state index contributed by atoms with van der Waals surface area (Å²) >= 11 is 0. The van der Waals surface area contributed by atoms with Crippen LogP contribution in [0, 0.1) is 11.8 Å². The van der Waals surface area contributed by atoms with Crippen LogP contribution >= 0.6 is 0 Å². The number of carboxylic acids is 1. The van der Waals surface area contributed by atoms with Crippen molar-refractivity contribution in [2.24, 2.45) is 11.8 Å². The van der Waals surface area contributed by atoms with Crippen LogP contribution in [0.25, 0.3) is 0 Å². The molecule has 0 amide bonds. The average Bonchev–Trinajstić information content (AvgIpc) is 2.16. The van der Waals surface area contributed by atoms with E-state index < -0.39 is 11.5 Å². The summed E-state index contributed by atoms with van der Waals surface area (Å²) in [5, 5.41) is 12.7. The summed E-state index contributed by atoms with van der Waals surface area (Å²) in [6.07, 6.45) is 3.99. The molecule has 0 saturated heterocycles. The van der Waals surface area contributed by atoms with Crippen LogP contribution in [0.4, 0.5) is 0 Å². The highest BCUT2D eigenvalue weighted by Crippen LogP contribution is 2.33. The monoisotopic (exact) mass is 213 g/mol. The Morgan fingerprint density at radius 2 is 2.20 bits per heavy atom. The standard InChI is InChI=1S/C12H23NO2/c1-9(2)8-13-12(11(14)15)7-5-4-6-10(12)3/h9-10,13H,4-8H2,1-3H3,(H,14,15). The van der Waals surface area contributed by atoms with E-state index >= 15 is 0 Å². The van der Waals surface area contributed by atoms with Crippen molar-refractivity contribution in [2.75, 3.05) is 6.54 Å². The molecule has 2 atom stereocenters. The number of rotatable bonds is 4. The van der Waals surface area contributed by atoms with Gasteiger partial charge >= 0.3 is 5.97 Å². The largest absolute Gasteiger partial charge is 0.480 e. The third kappa shape index (κ3) is 2.71. The van der Waals surface area contributed by atoms with E-state index in [1.165, 1.54) is 6.42 Å². The molecule has 1 rings (SSSR count). The van der Waals surface area contributed by atoms with Crippen molar-refractivity contribution >= 4 is 5.97 Å². The Balaban J connectivity index is 2.72. The molecule has 1 fully saturated rings. The van der Waals surface area contributed by atoms with Crippen LogP contribution in [0.3, 0.4) is 0 Å². The topological polar surface area (TPSA) is 49.3 Å². The molecule has 1 aliphatic carbocycles. The lowest BCUT2D eigenvalue weighted by molar-refractivity contribution is -0.149. The maximum absolute atomic E-state index is 11.4. The summed E-state index contributed by atoms with van der Waals surface area (Å²) in [7, 11) is 0. The van der Waals surface area contributed by atoms with E-state index in [4.69, 9.17) is 0 Å². The second-order valence-corrected chi connectivity index (χ2v) is 5.20. The summed E-state index contributed by atoms with van der Waals surface area (Å²) in [6.45, 7) is 7.06. The van der Waals surface area contributed by atoms with E-state index in [2.05, 4.69) is 26.1 Å². The van der Waals surface area contributed by atoms with Gasteiger partial charge in [0.2, 0.25) is 0 Å². The summed E-state index contributed by atoms with van der Waals surface area (Å²) in [5.74, 6) is 0.0631. The second-order valence-electron chi connectivity index (χ2n) is 5.20. The molecule has 0 bridgehead atoms. The van der Waals surface area contributed by atoms with Crippen LogP contribution in [0.5, 0.6) is 0 Å². The van der Waals surface area contributed by atoms with Crippen molar-refractivity contribution in [3.05, 3.63) is 0 Å². The van der Waals surface area contributed by atoms with Crippen LogP contribution in [0.1, 0.15) is 46.5 Å². The Bertz CT molecular complexity index is 228. The molecule has 0 radical (unpaired) electrons. The molecule has 1 saturated carbocycles. The van der Waals surface area contributed by atoms with Crippen molar-refractivity contribution in [3.63, 3.8) is 0 Å². The van der Waals surface area contributed by atoms with Crippen LogP contribution in [0.15, 0.2) is 0 Å². The van der Waals surface area contributed by atoms with Gasteiger partial charge in [0.1, 0.15) is 5.54 Å². The van der Waals surface area contributed by atoms with Crippen LogP contribution in [0.2, 0.25) is 0 Å². The van der Waals surface area contributed by atoms with Gasteiger partial charge in [-0.2, -0.15) is 0 Å². The Hall–Kier alpha value is -0.570. The van der Waals surface area contributed by atoms with Gasteiger partial charge < -0.3 is 10.4 Å². The van der Waals surface area contributed by atoms with Crippen LogP contribution < -0.4 is 5.32 Å². The molecule has 0 aromatic heterocycles. The number of carboxylic acid groups (broad SMARTS) is 1. The Kier molecular flexibility index (Phi) is 4.14. The zero-order valence-corrected chi connectivity index (χ0v) is 10.0. The van der Waals surface area contributed by atoms with Gasteiger partial charge in [-0.1, -0.05) is 33.6 Å². The molecule has 1 aliphatic rings. The third-order valence-corrected chi connectivity index (χ3v) is 3.51. The van der Waals surface area contributed by atoms with E-state index in [0.717, 1.165) is 25.8 Å². The van der Waals surface area contributed by atoms with E-state index in [-0.39, 0.29) is 5.92 Å². The molecule has 2 unspecified atom stereocenters. The Morgan fingerprint density at radius 1 is 1.53 bits per heavy atom. The third-order valence-electron chi connectivity index (χ3n) is 3.51. The minimum absolute atomic E-state index is 0.238. The molecule has 88 valence electrons. The molecule has 0 aromatic carbocycles. The first-order chi connectivity index (χ1) is 6.99. The Morgan fingerprint density at radius 3 is 2.67 bits per heavy atom. The molecule has 15 heavy (non-hydrogen) atoms. The first-order valence-electron chi connectivity index (χ1n) is 5.97. The van der Waals surface area contributed by atoms with Crippen LogP contribution in [-0.4, -0.2) is 23.2 Å². The minimum Gasteiger partial charge on any atom is -0.480 e. The van der Waals surface area contributed by atoms with Crippen molar-refractivity contribution < 1.29 is 9.90 Å². The normalized spacial score (nSPS) is 31.9. The van der Waals surface area contributed by atoms with E-state index in [1.807, 2.05) is 0 Å². The van der Waals surface area contributed by atoms with Gasteiger partial charge in [-0.3, -0.25) is 4.79 Å². The Labute approximate surface area is 92.3 Å². The number of carbonyl (C=O) groups is 1. The summed E-state index contributed by atoms with van der Waals surface area (Å²) in [4.78, 5) is 11.4. The number of nitrogens with one attached hydrogen (secondary N) is 1. The van der Waals surface area contributed by atoms with Crippen molar-refractivity contribution in [1.29, 1.82) is 0 Å². The highest BCUT2D eigenvalue weighted by molar-refractivity contribution is 5.79. The molecular formula is C12H23NO2. The molecule has 3 heteroatoms. The van der Waals surface area contributed by atoms with E-state index in [0.29, 0.717) is 5.92 Å².